The molecule has 10 heteroatoms. The molecule has 1 aromatic carbocycles. The molecule has 0 saturated carbocycles. The number of benzene rings is 1. The van der Waals surface area contributed by atoms with E-state index in [1.807, 2.05) is 0 Å². The fraction of sp³-hybridized carbons (Fsp3) is 0.400. The van der Waals surface area contributed by atoms with Gasteiger partial charge in [-0.25, -0.2) is 0 Å². The molecule has 1 aliphatic rings. The fourth-order valence-corrected chi connectivity index (χ4v) is 2.45. The van der Waals surface area contributed by atoms with Crippen molar-refractivity contribution in [2.75, 3.05) is 26.3 Å². The number of hydrogen-bond acceptors (Lipinski definition) is 8. The Labute approximate surface area is 116 Å². The van der Waals surface area contributed by atoms with Gasteiger partial charge in [-0.1, -0.05) is 18.2 Å². The number of hydroxylamine groups is 2. The number of rotatable bonds is 5. The molecule has 1 heterocycles. The predicted molar refractivity (Wildman–Crippen MR) is 69.3 cm³/mol. The highest BCUT2D eigenvalue weighted by molar-refractivity contribution is 7.82. The Morgan fingerprint density at radius 2 is 1.85 bits per heavy atom. The van der Waals surface area contributed by atoms with E-state index in [-0.39, 0.29) is 11.2 Å². The minimum absolute atomic E-state index is 0.0679. The van der Waals surface area contributed by atoms with E-state index in [0.29, 0.717) is 26.3 Å². The Bertz CT molecular complexity index is 544. The first-order chi connectivity index (χ1) is 9.48. The second-order valence-electron chi connectivity index (χ2n) is 4.02. The van der Waals surface area contributed by atoms with Gasteiger partial charge in [0.05, 0.1) is 13.2 Å². The van der Waals surface area contributed by atoms with E-state index >= 15 is 0 Å². The van der Waals surface area contributed by atoms with Crippen molar-refractivity contribution in [2.24, 2.45) is 0 Å². The first-order valence-electron chi connectivity index (χ1n) is 5.90. The van der Waals surface area contributed by atoms with Crippen molar-refractivity contribution in [1.82, 2.24) is 5.06 Å². The van der Waals surface area contributed by atoms with Gasteiger partial charge in [0.2, 0.25) is 0 Å². The van der Waals surface area contributed by atoms with Crippen LogP contribution in [0.25, 0.3) is 0 Å². The summed E-state index contributed by atoms with van der Waals surface area (Å²) >= 11 is 0. The molecule has 0 amide bonds. The lowest BCUT2D eigenvalue weighted by atomic mass is 9.80. The Morgan fingerprint density at radius 3 is 2.50 bits per heavy atom. The summed E-state index contributed by atoms with van der Waals surface area (Å²) < 4.78 is 38.1. The Kier molecular flexibility index (Phi) is 4.97. The molecule has 0 radical (unpaired) electrons. The third kappa shape index (κ3) is 4.17. The third-order valence-corrected chi connectivity index (χ3v) is 3.33. The number of nitrogens with zero attached hydrogens (tertiary/aromatic N) is 1. The molecule has 0 bridgehead atoms. The molecule has 1 aliphatic heterocycles. The van der Waals surface area contributed by atoms with Crippen LogP contribution in [0.3, 0.4) is 0 Å². The van der Waals surface area contributed by atoms with E-state index in [2.05, 4.69) is 0 Å². The maximum absolute atomic E-state index is 11.8. The third-order valence-electron chi connectivity index (χ3n) is 2.56. The zero-order chi connectivity index (χ0) is 14.6. The van der Waals surface area contributed by atoms with Crippen LogP contribution in [0, 0.1) is 0 Å². The summed E-state index contributed by atoms with van der Waals surface area (Å²) in [5.41, 5.74) is -0.0679. The highest BCUT2D eigenvalue weighted by Crippen LogP contribution is 2.13. The van der Waals surface area contributed by atoms with Gasteiger partial charge in [0.15, 0.2) is 0 Å². The predicted octanol–water partition coefficient (Wildman–Crippen LogP) is -1.75. The van der Waals surface area contributed by atoms with Crippen LogP contribution in [0.15, 0.2) is 24.3 Å². The van der Waals surface area contributed by atoms with E-state index < -0.39 is 17.5 Å². The van der Waals surface area contributed by atoms with Crippen molar-refractivity contribution >= 4 is 23.0 Å². The fourth-order valence-electron chi connectivity index (χ4n) is 1.65. The van der Waals surface area contributed by atoms with E-state index in [0.717, 1.165) is 0 Å². The maximum Gasteiger partial charge on any atom is 0.492 e. The summed E-state index contributed by atoms with van der Waals surface area (Å²) in [4.78, 5) is 0. The molecule has 0 unspecified atom stereocenters. The molecule has 20 heavy (non-hydrogen) atoms. The first kappa shape index (κ1) is 15.2. The topological polar surface area (TPSA) is 106 Å². The zero-order valence-electron chi connectivity index (χ0n) is 10.5. The lowest BCUT2D eigenvalue weighted by molar-refractivity contribution is -0.118. The van der Waals surface area contributed by atoms with Crippen molar-refractivity contribution in [3.8, 4) is 5.75 Å². The molecule has 110 valence electrons. The average molecular weight is 303 g/mol. The van der Waals surface area contributed by atoms with Crippen molar-refractivity contribution < 1.29 is 31.7 Å². The van der Waals surface area contributed by atoms with Gasteiger partial charge in [-0.15, -0.1) is 4.28 Å². The van der Waals surface area contributed by atoms with Gasteiger partial charge >= 0.3 is 17.5 Å². The Hall–Kier alpha value is -1.17. The lowest BCUT2D eigenvalue weighted by Crippen LogP contribution is -2.39. The highest BCUT2D eigenvalue weighted by atomic mass is 32.3. The molecule has 0 aromatic heterocycles. The molecular formula is C10H14BNO7S. The number of hydrogen-bond donors (Lipinski definition) is 2. The van der Waals surface area contributed by atoms with Crippen LogP contribution in [0.1, 0.15) is 0 Å². The molecule has 1 saturated heterocycles. The molecule has 0 spiro atoms. The highest BCUT2D eigenvalue weighted by Gasteiger charge is 2.25. The van der Waals surface area contributed by atoms with Crippen molar-refractivity contribution in [1.29, 1.82) is 0 Å². The number of morpholine rings is 1. The van der Waals surface area contributed by atoms with E-state index in [9.17, 15) is 8.42 Å². The largest absolute Gasteiger partial charge is 0.492 e. The van der Waals surface area contributed by atoms with Crippen LogP contribution >= 0.6 is 0 Å². The number of ether oxygens (including phenoxy) is 1. The quantitative estimate of drug-likeness (QED) is 0.617. The van der Waals surface area contributed by atoms with Gasteiger partial charge in [0.25, 0.3) is 0 Å². The maximum atomic E-state index is 11.8. The summed E-state index contributed by atoms with van der Waals surface area (Å²) in [6, 6.07) is 5.67. The Balaban J connectivity index is 2.08. The molecule has 0 aliphatic carbocycles. The molecule has 8 nitrogen and oxygen atoms in total. The van der Waals surface area contributed by atoms with Crippen LogP contribution in [-0.2, 0) is 19.4 Å². The summed E-state index contributed by atoms with van der Waals surface area (Å²) in [5.74, 6) is -0.198. The van der Waals surface area contributed by atoms with Crippen LogP contribution in [0.2, 0.25) is 0 Å². The summed E-state index contributed by atoms with van der Waals surface area (Å²) in [6.45, 7) is 1.32. The summed E-state index contributed by atoms with van der Waals surface area (Å²) in [5, 5.41) is 19.5. The minimum Gasteiger partial charge on any atom is -0.423 e. The van der Waals surface area contributed by atoms with Gasteiger partial charge in [-0.05, 0) is 6.07 Å². The molecule has 2 rings (SSSR count). The second-order valence-corrected chi connectivity index (χ2v) is 5.15. The molecule has 1 fully saturated rings. The standard InChI is InChI=1S/C10H14BNO7S/c13-11(14)9-3-1-2-4-10(9)18-20(15,16)19-12-5-7-17-8-6-12/h1-4,13-14H,5-8H2. The summed E-state index contributed by atoms with van der Waals surface area (Å²) in [7, 11) is -6.18. The van der Waals surface area contributed by atoms with Gasteiger partial charge in [-0.3, -0.25) is 0 Å². The van der Waals surface area contributed by atoms with Gasteiger partial charge in [-0.2, -0.15) is 13.5 Å². The first-order valence-corrected chi connectivity index (χ1v) is 7.23. The normalized spacial score (nSPS) is 16.9. The Morgan fingerprint density at radius 1 is 1.20 bits per heavy atom. The molecule has 1 aromatic rings. The molecular weight excluding hydrogens is 289 g/mol. The zero-order valence-corrected chi connectivity index (χ0v) is 11.3. The van der Waals surface area contributed by atoms with Crippen molar-refractivity contribution in [3.63, 3.8) is 0 Å². The average Bonchev–Trinajstić information content (AvgIpc) is 2.39. The lowest BCUT2D eigenvalue weighted by Gasteiger charge is -2.24. The smallest absolute Gasteiger partial charge is 0.423 e. The van der Waals surface area contributed by atoms with Crippen LogP contribution in [0.4, 0.5) is 0 Å². The van der Waals surface area contributed by atoms with Gasteiger partial charge in [0, 0.05) is 18.6 Å². The van der Waals surface area contributed by atoms with E-state index in [1.165, 1.54) is 29.3 Å². The van der Waals surface area contributed by atoms with Crippen molar-refractivity contribution in [2.45, 2.75) is 0 Å². The van der Waals surface area contributed by atoms with Crippen molar-refractivity contribution in [3.05, 3.63) is 24.3 Å². The molecule has 2 N–H and O–H groups in total. The monoisotopic (exact) mass is 303 g/mol. The van der Waals surface area contributed by atoms with Crippen LogP contribution in [-0.4, -0.2) is 57.0 Å². The summed E-state index contributed by atoms with van der Waals surface area (Å²) in [6.07, 6.45) is 0. The number of para-hydroxylation sites is 1. The second kappa shape index (κ2) is 6.52. The minimum atomic E-state index is -4.34. The van der Waals surface area contributed by atoms with E-state index in [1.54, 1.807) is 0 Å². The van der Waals surface area contributed by atoms with Crippen LogP contribution < -0.4 is 9.65 Å². The van der Waals surface area contributed by atoms with Gasteiger partial charge < -0.3 is 19.0 Å². The van der Waals surface area contributed by atoms with E-state index in [4.69, 9.17) is 23.3 Å². The van der Waals surface area contributed by atoms with Gasteiger partial charge in [0.1, 0.15) is 5.75 Å². The van der Waals surface area contributed by atoms with Crippen LogP contribution in [0.5, 0.6) is 5.75 Å². The molecule has 0 atom stereocenters. The SMILES string of the molecule is O=S(=O)(Oc1ccccc1B(O)O)ON1CCOCC1.